The van der Waals surface area contributed by atoms with E-state index in [9.17, 15) is 0 Å². The second-order valence-electron chi connectivity index (χ2n) is 8.86. The summed E-state index contributed by atoms with van der Waals surface area (Å²) >= 11 is 0. The van der Waals surface area contributed by atoms with Gasteiger partial charge in [-0.05, 0) is 31.1 Å². The maximum absolute atomic E-state index is 6.09. The Morgan fingerprint density at radius 1 is 1.19 bits per heavy atom. The largest absolute Gasteiger partial charge is 0.377 e. The molecule has 2 aliphatic heterocycles. The molecule has 0 saturated carbocycles. The number of ether oxygens (including phenoxy) is 1. The Labute approximate surface area is 163 Å². The summed E-state index contributed by atoms with van der Waals surface area (Å²) in [4.78, 5) is 4.39. The fourth-order valence-electron chi connectivity index (χ4n) is 4.30. The van der Waals surface area contributed by atoms with E-state index in [4.69, 9.17) is 4.74 Å². The smallest absolute Gasteiger partial charge is 0.191 e. The molecule has 3 rings (SSSR count). The third kappa shape index (κ3) is 5.21. The average molecular weight is 377 g/mol. The second-order valence-corrected chi connectivity index (χ2v) is 8.86. The van der Waals surface area contributed by atoms with E-state index in [-0.39, 0.29) is 11.5 Å². The van der Waals surface area contributed by atoms with E-state index in [1.165, 1.54) is 25.7 Å². The van der Waals surface area contributed by atoms with Crippen molar-refractivity contribution in [3.63, 3.8) is 0 Å². The first kappa shape index (κ1) is 20.1. The first-order valence-electron chi connectivity index (χ1n) is 10.5. The van der Waals surface area contributed by atoms with Crippen LogP contribution in [0, 0.1) is 11.3 Å². The van der Waals surface area contributed by atoms with Crippen molar-refractivity contribution in [2.24, 2.45) is 16.3 Å². The van der Waals surface area contributed by atoms with Crippen LogP contribution in [-0.2, 0) is 24.2 Å². The van der Waals surface area contributed by atoms with E-state index >= 15 is 0 Å². The van der Waals surface area contributed by atoms with Gasteiger partial charge in [-0.2, -0.15) is 0 Å². The minimum atomic E-state index is 0.156. The van der Waals surface area contributed by atoms with Crippen molar-refractivity contribution in [2.75, 3.05) is 20.2 Å². The minimum absolute atomic E-state index is 0.156. The third-order valence-electron chi connectivity index (χ3n) is 5.65. The molecule has 1 aromatic heterocycles. The molecule has 2 unspecified atom stereocenters. The number of guanidine groups is 1. The van der Waals surface area contributed by atoms with Crippen molar-refractivity contribution in [2.45, 2.75) is 78.5 Å². The minimum Gasteiger partial charge on any atom is -0.377 e. The summed E-state index contributed by atoms with van der Waals surface area (Å²) in [5.41, 5.74) is 0.156. The van der Waals surface area contributed by atoms with Gasteiger partial charge in [0.15, 0.2) is 11.8 Å². The molecule has 2 aliphatic rings. The summed E-state index contributed by atoms with van der Waals surface area (Å²) in [6.45, 7) is 10.2. The molecule has 152 valence electrons. The third-order valence-corrected chi connectivity index (χ3v) is 5.65. The van der Waals surface area contributed by atoms with E-state index in [0.29, 0.717) is 12.5 Å². The van der Waals surface area contributed by atoms with Crippen LogP contribution in [0.15, 0.2) is 4.99 Å². The molecule has 27 heavy (non-hydrogen) atoms. The molecule has 2 N–H and O–H groups in total. The lowest BCUT2D eigenvalue weighted by atomic mass is 9.78. The zero-order valence-corrected chi connectivity index (χ0v) is 17.4. The van der Waals surface area contributed by atoms with Crippen LogP contribution in [0.1, 0.15) is 64.5 Å². The van der Waals surface area contributed by atoms with Crippen molar-refractivity contribution in [3.05, 3.63) is 11.6 Å². The van der Waals surface area contributed by atoms with E-state index in [0.717, 1.165) is 50.1 Å². The molecule has 0 spiro atoms. The molecular formula is C20H36N6O. The van der Waals surface area contributed by atoms with Gasteiger partial charge in [-0.3, -0.25) is 4.99 Å². The van der Waals surface area contributed by atoms with E-state index in [1.54, 1.807) is 0 Å². The number of hydrogen-bond donors (Lipinski definition) is 2. The highest BCUT2D eigenvalue weighted by Crippen LogP contribution is 2.33. The molecule has 0 amide bonds. The molecular weight excluding hydrogens is 340 g/mol. The van der Waals surface area contributed by atoms with Gasteiger partial charge in [-0.1, -0.05) is 27.2 Å². The quantitative estimate of drug-likeness (QED) is 0.624. The molecule has 0 aliphatic carbocycles. The maximum atomic E-state index is 6.09. The van der Waals surface area contributed by atoms with Crippen molar-refractivity contribution in [3.8, 4) is 0 Å². The van der Waals surface area contributed by atoms with Gasteiger partial charge < -0.3 is 19.9 Å². The van der Waals surface area contributed by atoms with E-state index in [2.05, 4.69) is 51.2 Å². The molecule has 1 aromatic rings. The number of hydrogen-bond acceptors (Lipinski definition) is 4. The number of nitrogens with one attached hydrogen (secondary N) is 2. The van der Waals surface area contributed by atoms with Crippen LogP contribution in [-0.4, -0.2) is 47.0 Å². The molecule has 3 heterocycles. The first-order valence-corrected chi connectivity index (χ1v) is 10.5. The lowest BCUT2D eigenvalue weighted by Gasteiger charge is -2.40. The Kier molecular flexibility index (Phi) is 6.73. The molecule has 0 bridgehead atoms. The molecule has 0 radical (unpaired) electrons. The monoisotopic (exact) mass is 376 g/mol. The lowest BCUT2D eigenvalue weighted by Crippen LogP contribution is -2.47. The standard InChI is InChI=1S/C20H36N6O/c1-20(2,3)18-15(9-8-12-27-18)13-22-19(21-4)23-14-17-25-24-16-10-6-5-7-11-26(16)17/h15,18H,5-14H2,1-4H3,(H2,21,22,23). The molecule has 2 atom stereocenters. The summed E-state index contributed by atoms with van der Waals surface area (Å²) in [5.74, 6) is 3.45. The normalized spacial score (nSPS) is 24.2. The second kappa shape index (κ2) is 9.04. The average Bonchev–Trinajstić information content (AvgIpc) is 2.88. The maximum Gasteiger partial charge on any atom is 0.191 e. The van der Waals surface area contributed by atoms with E-state index in [1.807, 2.05) is 7.05 Å². The number of rotatable bonds is 4. The number of aliphatic imine (C=N–C) groups is 1. The zero-order valence-electron chi connectivity index (χ0n) is 17.4. The van der Waals surface area contributed by atoms with Crippen LogP contribution in [0.25, 0.3) is 0 Å². The Balaban J connectivity index is 1.53. The molecule has 1 fully saturated rings. The predicted molar refractivity (Wildman–Crippen MR) is 108 cm³/mol. The molecule has 7 heteroatoms. The fourth-order valence-corrected chi connectivity index (χ4v) is 4.30. The van der Waals surface area contributed by atoms with Crippen LogP contribution in [0.5, 0.6) is 0 Å². The van der Waals surface area contributed by atoms with Crippen LogP contribution >= 0.6 is 0 Å². The van der Waals surface area contributed by atoms with Crippen molar-refractivity contribution in [1.82, 2.24) is 25.4 Å². The molecule has 1 saturated heterocycles. The predicted octanol–water partition coefficient (Wildman–Crippen LogP) is 2.51. The highest BCUT2D eigenvalue weighted by atomic mass is 16.5. The van der Waals surface area contributed by atoms with Crippen molar-refractivity contribution >= 4 is 5.96 Å². The number of fused-ring (bicyclic) bond motifs is 1. The topological polar surface area (TPSA) is 76.4 Å². The van der Waals surface area contributed by atoms with Crippen LogP contribution in [0.4, 0.5) is 0 Å². The van der Waals surface area contributed by atoms with Gasteiger partial charge in [-0.25, -0.2) is 0 Å². The highest BCUT2D eigenvalue weighted by Gasteiger charge is 2.35. The summed E-state index contributed by atoms with van der Waals surface area (Å²) in [7, 11) is 1.82. The zero-order chi connectivity index (χ0) is 19.3. The SMILES string of the molecule is CN=C(NCc1nnc2n1CCCCC2)NCC1CCCOC1C(C)(C)C. The Bertz CT molecular complexity index is 633. The van der Waals surface area contributed by atoms with Crippen molar-refractivity contribution < 1.29 is 4.74 Å². The first-order chi connectivity index (χ1) is 13.0. The van der Waals surface area contributed by atoms with Gasteiger partial charge in [0.1, 0.15) is 5.82 Å². The number of aryl methyl sites for hydroxylation is 1. The Morgan fingerprint density at radius 2 is 2.04 bits per heavy atom. The van der Waals surface area contributed by atoms with Gasteiger partial charge in [0.2, 0.25) is 0 Å². The van der Waals surface area contributed by atoms with Gasteiger partial charge >= 0.3 is 0 Å². The van der Waals surface area contributed by atoms with Gasteiger partial charge in [-0.15, -0.1) is 10.2 Å². The van der Waals surface area contributed by atoms with Gasteiger partial charge in [0.05, 0.1) is 12.6 Å². The lowest BCUT2D eigenvalue weighted by molar-refractivity contribution is -0.0835. The summed E-state index contributed by atoms with van der Waals surface area (Å²) < 4.78 is 8.37. The van der Waals surface area contributed by atoms with Gasteiger partial charge in [0.25, 0.3) is 0 Å². The molecule has 0 aromatic carbocycles. The Morgan fingerprint density at radius 3 is 2.81 bits per heavy atom. The summed E-state index contributed by atoms with van der Waals surface area (Å²) in [5, 5.41) is 15.7. The number of aromatic nitrogens is 3. The van der Waals surface area contributed by atoms with E-state index < -0.39 is 0 Å². The Hall–Kier alpha value is -1.63. The number of nitrogens with zero attached hydrogens (tertiary/aromatic N) is 4. The molecule has 7 nitrogen and oxygen atoms in total. The van der Waals surface area contributed by atoms with Gasteiger partial charge in [0, 0.05) is 39.1 Å². The van der Waals surface area contributed by atoms with Crippen molar-refractivity contribution in [1.29, 1.82) is 0 Å². The van der Waals surface area contributed by atoms with Crippen LogP contribution < -0.4 is 10.6 Å². The summed E-state index contributed by atoms with van der Waals surface area (Å²) in [6, 6.07) is 0. The van der Waals surface area contributed by atoms with Crippen LogP contribution in [0.2, 0.25) is 0 Å². The van der Waals surface area contributed by atoms with Crippen LogP contribution in [0.3, 0.4) is 0 Å². The highest BCUT2D eigenvalue weighted by molar-refractivity contribution is 5.79. The summed E-state index contributed by atoms with van der Waals surface area (Å²) in [6.07, 6.45) is 7.35. The fraction of sp³-hybridized carbons (Fsp3) is 0.850.